The Balaban J connectivity index is 2.45. The number of para-hydroxylation sites is 1. The van der Waals surface area contributed by atoms with Gasteiger partial charge in [0.05, 0.1) is 16.9 Å². The molecule has 1 aromatic heterocycles. The summed E-state index contributed by atoms with van der Waals surface area (Å²) in [4.78, 5) is 0. The molecule has 0 radical (unpaired) electrons. The molecule has 1 heterocycles. The molecule has 0 saturated heterocycles. The zero-order valence-corrected chi connectivity index (χ0v) is 9.78. The lowest BCUT2D eigenvalue weighted by atomic mass is 10.2. The van der Waals surface area contributed by atoms with Crippen LogP contribution >= 0.6 is 11.6 Å². The summed E-state index contributed by atoms with van der Waals surface area (Å²) in [6.07, 6.45) is 2.39. The van der Waals surface area contributed by atoms with Gasteiger partial charge in [0.15, 0.2) is 0 Å². The van der Waals surface area contributed by atoms with Crippen LogP contribution in [-0.2, 0) is 6.42 Å². The fraction of sp³-hybridized carbons (Fsp3) is 0.250. The van der Waals surface area contributed by atoms with Crippen LogP contribution in [0.1, 0.15) is 11.3 Å². The fourth-order valence-corrected chi connectivity index (χ4v) is 1.89. The van der Waals surface area contributed by atoms with Gasteiger partial charge in [-0.15, -0.1) is 0 Å². The first-order valence-corrected chi connectivity index (χ1v) is 5.51. The van der Waals surface area contributed by atoms with E-state index < -0.39 is 0 Å². The molecule has 2 rings (SSSR count). The van der Waals surface area contributed by atoms with Crippen LogP contribution in [0.3, 0.4) is 0 Å². The van der Waals surface area contributed by atoms with Crippen LogP contribution in [0.25, 0.3) is 5.69 Å². The fourth-order valence-electron chi connectivity index (χ4n) is 1.68. The number of hydrogen-bond donors (Lipinski definition) is 1. The number of aromatic nitrogens is 2. The summed E-state index contributed by atoms with van der Waals surface area (Å²) in [5, 5.41) is 13.9. The Kier molecular flexibility index (Phi) is 3.27. The number of aliphatic hydroxyl groups is 1. The molecule has 0 amide bonds. The van der Waals surface area contributed by atoms with E-state index in [4.69, 9.17) is 16.7 Å². The Labute approximate surface area is 99.3 Å². The maximum absolute atomic E-state index is 8.92. The van der Waals surface area contributed by atoms with Crippen molar-refractivity contribution in [3.05, 3.63) is 46.7 Å². The van der Waals surface area contributed by atoms with Crippen molar-refractivity contribution >= 4 is 11.6 Å². The molecule has 4 heteroatoms. The van der Waals surface area contributed by atoms with Crippen molar-refractivity contribution in [3.63, 3.8) is 0 Å². The predicted molar refractivity (Wildman–Crippen MR) is 64.1 cm³/mol. The van der Waals surface area contributed by atoms with Gasteiger partial charge in [-0.05, 0) is 31.0 Å². The van der Waals surface area contributed by atoms with Gasteiger partial charge < -0.3 is 5.11 Å². The van der Waals surface area contributed by atoms with Crippen molar-refractivity contribution in [2.24, 2.45) is 0 Å². The summed E-state index contributed by atoms with van der Waals surface area (Å²) < 4.78 is 1.80. The van der Waals surface area contributed by atoms with Crippen molar-refractivity contribution in [1.82, 2.24) is 9.78 Å². The standard InChI is InChI=1S/C12H13ClN2O/c1-9-10(6-7-16)8-14-15(9)12-5-3-2-4-11(12)13/h2-5,8,16H,6-7H2,1H3. The lowest BCUT2D eigenvalue weighted by Gasteiger charge is -2.06. The van der Waals surface area contributed by atoms with Gasteiger partial charge in [0.2, 0.25) is 0 Å². The van der Waals surface area contributed by atoms with Crippen molar-refractivity contribution in [2.45, 2.75) is 13.3 Å². The second-order valence-corrected chi connectivity index (χ2v) is 4.00. The molecule has 0 aliphatic carbocycles. The van der Waals surface area contributed by atoms with E-state index >= 15 is 0 Å². The van der Waals surface area contributed by atoms with E-state index in [1.807, 2.05) is 31.2 Å². The molecule has 2 aromatic rings. The topological polar surface area (TPSA) is 38.1 Å². The molecular weight excluding hydrogens is 224 g/mol. The number of rotatable bonds is 3. The van der Waals surface area contributed by atoms with E-state index in [0.717, 1.165) is 16.9 Å². The van der Waals surface area contributed by atoms with E-state index in [1.165, 1.54) is 0 Å². The molecule has 3 nitrogen and oxygen atoms in total. The third-order valence-electron chi connectivity index (χ3n) is 2.57. The average Bonchev–Trinajstić information content (AvgIpc) is 2.62. The Morgan fingerprint density at radius 1 is 1.38 bits per heavy atom. The summed E-state index contributed by atoms with van der Waals surface area (Å²) >= 11 is 6.11. The molecule has 0 aliphatic rings. The molecule has 1 aromatic carbocycles. The normalized spacial score (nSPS) is 10.7. The van der Waals surface area contributed by atoms with Gasteiger partial charge in [0.1, 0.15) is 0 Å². The average molecular weight is 237 g/mol. The number of hydrogen-bond acceptors (Lipinski definition) is 2. The van der Waals surface area contributed by atoms with E-state index in [0.29, 0.717) is 11.4 Å². The zero-order valence-electron chi connectivity index (χ0n) is 9.02. The van der Waals surface area contributed by atoms with Gasteiger partial charge in [-0.1, -0.05) is 23.7 Å². The number of halogens is 1. The van der Waals surface area contributed by atoms with Gasteiger partial charge in [0, 0.05) is 12.3 Å². The van der Waals surface area contributed by atoms with Gasteiger partial charge in [-0.2, -0.15) is 5.10 Å². The molecule has 84 valence electrons. The Bertz CT molecular complexity index is 494. The minimum absolute atomic E-state index is 0.134. The molecule has 0 bridgehead atoms. The second-order valence-electron chi connectivity index (χ2n) is 3.59. The Morgan fingerprint density at radius 2 is 2.12 bits per heavy atom. The first-order valence-electron chi connectivity index (χ1n) is 5.13. The van der Waals surface area contributed by atoms with Crippen molar-refractivity contribution in [3.8, 4) is 5.69 Å². The SMILES string of the molecule is Cc1c(CCO)cnn1-c1ccccc1Cl. The summed E-state index contributed by atoms with van der Waals surface area (Å²) in [5.41, 5.74) is 2.93. The third-order valence-corrected chi connectivity index (χ3v) is 2.89. The molecule has 1 N–H and O–H groups in total. The van der Waals surface area contributed by atoms with Crippen molar-refractivity contribution in [1.29, 1.82) is 0 Å². The van der Waals surface area contributed by atoms with Crippen LogP contribution in [-0.4, -0.2) is 21.5 Å². The quantitative estimate of drug-likeness (QED) is 0.889. The van der Waals surface area contributed by atoms with E-state index in [9.17, 15) is 0 Å². The number of aliphatic hydroxyl groups excluding tert-OH is 1. The first-order chi connectivity index (χ1) is 7.74. The highest BCUT2D eigenvalue weighted by Gasteiger charge is 2.09. The largest absolute Gasteiger partial charge is 0.396 e. The molecule has 0 aliphatic heterocycles. The molecule has 0 saturated carbocycles. The highest BCUT2D eigenvalue weighted by Crippen LogP contribution is 2.21. The highest BCUT2D eigenvalue weighted by molar-refractivity contribution is 6.32. The van der Waals surface area contributed by atoms with Crippen molar-refractivity contribution in [2.75, 3.05) is 6.61 Å². The van der Waals surface area contributed by atoms with Crippen LogP contribution in [0.15, 0.2) is 30.5 Å². The summed E-state index contributed by atoms with van der Waals surface area (Å²) in [7, 11) is 0. The molecular formula is C12H13ClN2O. The molecule has 0 spiro atoms. The lowest BCUT2D eigenvalue weighted by Crippen LogP contribution is -2.00. The number of nitrogens with zero attached hydrogens (tertiary/aromatic N) is 2. The smallest absolute Gasteiger partial charge is 0.0834 e. The lowest BCUT2D eigenvalue weighted by molar-refractivity contribution is 0.299. The van der Waals surface area contributed by atoms with Crippen LogP contribution in [0.5, 0.6) is 0 Å². The molecule has 0 atom stereocenters. The minimum atomic E-state index is 0.134. The zero-order chi connectivity index (χ0) is 11.5. The molecule has 0 fully saturated rings. The Hall–Kier alpha value is -1.32. The van der Waals surface area contributed by atoms with Gasteiger partial charge in [-0.25, -0.2) is 4.68 Å². The van der Waals surface area contributed by atoms with Gasteiger partial charge in [0.25, 0.3) is 0 Å². The third kappa shape index (κ3) is 1.96. The number of benzene rings is 1. The van der Waals surface area contributed by atoms with Gasteiger partial charge >= 0.3 is 0 Å². The summed E-state index contributed by atoms with van der Waals surface area (Å²) in [6.45, 7) is 2.11. The maximum atomic E-state index is 8.92. The van der Waals surface area contributed by atoms with Crippen LogP contribution < -0.4 is 0 Å². The maximum Gasteiger partial charge on any atom is 0.0834 e. The first kappa shape index (κ1) is 11.2. The van der Waals surface area contributed by atoms with Crippen molar-refractivity contribution < 1.29 is 5.11 Å². The van der Waals surface area contributed by atoms with E-state index in [-0.39, 0.29) is 6.61 Å². The summed E-state index contributed by atoms with van der Waals surface area (Å²) in [6, 6.07) is 7.57. The van der Waals surface area contributed by atoms with Crippen LogP contribution in [0.2, 0.25) is 5.02 Å². The monoisotopic (exact) mass is 236 g/mol. The highest BCUT2D eigenvalue weighted by atomic mass is 35.5. The predicted octanol–water partition coefficient (Wildman–Crippen LogP) is 2.37. The van der Waals surface area contributed by atoms with E-state index in [2.05, 4.69) is 5.10 Å². The molecule has 0 unspecified atom stereocenters. The molecule has 16 heavy (non-hydrogen) atoms. The van der Waals surface area contributed by atoms with Crippen LogP contribution in [0.4, 0.5) is 0 Å². The summed E-state index contributed by atoms with van der Waals surface area (Å²) in [5.74, 6) is 0. The van der Waals surface area contributed by atoms with Gasteiger partial charge in [-0.3, -0.25) is 0 Å². The van der Waals surface area contributed by atoms with E-state index in [1.54, 1.807) is 10.9 Å². The van der Waals surface area contributed by atoms with Crippen LogP contribution in [0, 0.1) is 6.92 Å². The second kappa shape index (κ2) is 4.68. The Morgan fingerprint density at radius 3 is 2.81 bits per heavy atom. The minimum Gasteiger partial charge on any atom is -0.396 e.